The van der Waals surface area contributed by atoms with Gasteiger partial charge in [0.2, 0.25) is 0 Å². The highest BCUT2D eigenvalue weighted by Gasteiger charge is 2.48. The summed E-state index contributed by atoms with van der Waals surface area (Å²) in [6, 6.07) is 6.21. The number of aryl methyl sites for hydroxylation is 1. The Kier molecular flexibility index (Phi) is 3.45. The first-order valence-corrected chi connectivity index (χ1v) is 7.57. The fourth-order valence-corrected chi connectivity index (χ4v) is 4.31. The van der Waals surface area contributed by atoms with Crippen LogP contribution >= 0.6 is 0 Å². The van der Waals surface area contributed by atoms with Gasteiger partial charge in [0.25, 0.3) is 0 Å². The van der Waals surface area contributed by atoms with Gasteiger partial charge in [0.05, 0.1) is 13.0 Å². The van der Waals surface area contributed by atoms with Crippen LogP contribution in [0, 0.1) is 5.92 Å². The van der Waals surface area contributed by atoms with Gasteiger partial charge in [-0.3, -0.25) is 4.79 Å². The highest BCUT2D eigenvalue weighted by atomic mass is 16.5. The monoisotopic (exact) mass is 274 g/mol. The van der Waals surface area contributed by atoms with Gasteiger partial charge in [-0.15, -0.1) is 0 Å². The van der Waals surface area contributed by atoms with E-state index in [2.05, 4.69) is 12.1 Å². The van der Waals surface area contributed by atoms with Gasteiger partial charge in [0, 0.05) is 5.41 Å². The number of carboxylic acids is 1. The van der Waals surface area contributed by atoms with Gasteiger partial charge in [-0.05, 0) is 48.9 Å². The maximum Gasteiger partial charge on any atom is 0.307 e. The van der Waals surface area contributed by atoms with Gasteiger partial charge in [-0.2, -0.15) is 0 Å². The largest absolute Gasteiger partial charge is 0.497 e. The maximum atomic E-state index is 11.7. The Morgan fingerprint density at radius 1 is 1.30 bits per heavy atom. The lowest BCUT2D eigenvalue weighted by Gasteiger charge is -2.46. The van der Waals surface area contributed by atoms with Crippen LogP contribution in [0.4, 0.5) is 0 Å². The number of carboxylic acid groups (broad SMARTS) is 1. The summed E-state index contributed by atoms with van der Waals surface area (Å²) in [5, 5.41) is 9.66. The number of fused-ring (bicyclic) bond motifs is 2. The van der Waals surface area contributed by atoms with Gasteiger partial charge in [0.1, 0.15) is 5.75 Å². The minimum atomic E-state index is -0.617. The number of rotatable bonds is 2. The molecule has 1 aromatic rings. The molecule has 2 aliphatic carbocycles. The number of ether oxygens (including phenoxy) is 1. The first kappa shape index (κ1) is 13.5. The Labute approximate surface area is 120 Å². The molecule has 0 aliphatic heterocycles. The summed E-state index contributed by atoms with van der Waals surface area (Å²) in [7, 11) is 1.68. The normalized spacial score (nSPS) is 24.1. The summed E-state index contributed by atoms with van der Waals surface area (Å²) in [5.41, 5.74) is 2.43. The quantitative estimate of drug-likeness (QED) is 0.897. The molecule has 20 heavy (non-hydrogen) atoms. The van der Waals surface area contributed by atoms with E-state index in [0.717, 1.165) is 44.3 Å². The zero-order chi connectivity index (χ0) is 14.2. The van der Waals surface area contributed by atoms with Crippen molar-refractivity contribution in [2.75, 3.05) is 7.11 Å². The van der Waals surface area contributed by atoms with E-state index in [9.17, 15) is 9.90 Å². The Hall–Kier alpha value is -1.51. The van der Waals surface area contributed by atoms with Crippen molar-refractivity contribution in [3.63, 3.8) is 0 Å². The highest BCUT2D eigenvalue weighted by molar-refractivity contribution is 5.73. The second-order valence-electron chi connectivity index (χ2n) is 6.17. The lowest BCUT2D eigenvalue weighted by molar-refractivity contribution is -0.145. The Balaban J connectivity index is 2.09. The van der Waals surface area contributed by atoms with Crippen molar-refractivity contribution in [3.05, 3.63) is 29.3 Å². The van der Waals surface area contributed by atoms with E-state index in [4.69, 9.17) is 4.74 Å². The second kappa shape index (κ2) is 5.12. The van der Waals surface area contributed by atoms with Crippen molar-refractivity contribution in [1.82, 2.24) is 0 Å². The molecule has 3 rings (SSSR count). The van der Waals surface area contributed by atoms with Gasteiger partial charge in [-0.1, -0.05) is 25.3 Å². The first-order valence-electron chi connectivity index (χ1n) is 7.57. The third-order valence-electron chi connectivity index (χ3n) is 5.26. The van der Waals surface area contributed by atoms with Crippen molar-refractivity contribution in [2.24, 2.45) is 5.92 Å². The second-order valence-corrected chi connectivity index (χ2v) is 6.17. The molecular formula is C17H22O3. The molecular weight excluding hydrogens is 252 g/mol. The minimum Gasteiger partial charge on any atom is -0.497 e. The summed E-state index contributed by atoms with van der Waals surface area (Å²) < 4.78 is 5.31. The number of hydrogen-bond donors (Lipinski definition) is 1. The number of aliphatic carboxylic acids is 1. The summed E-state index contributed by atoms with van der Waals surface area (Å²) in [5.74, 6) is 0.0422. The summed E-state index contributed by atoms with van der Waals surface area (Å²) in [6.45, 7) is 0. The summed E-state index contributed by atoms with van der Waals surface area (Å²) >= 11 is 0. The lowest BCUT2D eigenvalue weighted by atomic mass is 9.57. The fourth-order valence-electron chi connectivity index (χ4n) is 4.31. The van der Waals surface area contributed by atoms with Crippen LogP contribution in [0.1, 0.15) is 49.7 Å². The Morgan fingerprint density at radius 2 is 2.05 bits per heavy atom. The van der Waals surface area contributed by atoms with Gasteiger partial charge < -0.3 is 9.84 Å². The van der Waals surface area contributed by atoms with Crippen LogP contribution in [0.5, 0.6) is 5.75 Å². The number of benzene rings is 1. The summed E-state index contributed by atoms with van der Waals surface area (Å²) in [6.07, 6.45) is 7.18. The zero-order valence-electron chi connectivity index (χ0n) is 12.0. The third-order valence-corrected chi connectivity index (χ3v) is 5.26. The van der Waals surface area contributed by atoms with Crippen LogP contribution in [0.2, 0.25) is 0 Å². The minimum absolute atomic E-state index is 0.135. The van der Waals surface area contributed by atoms with Crippen molar-refractivity contribution in [3.8, 4) is 5.75 Å². The third kappa shape index (κ3) is 2.00. The van der Waals surface area contributed by atoms with Crippen LogP contribution in [0.3, 0.4) is 0 Å². The van der Waals surface area contributed by atoms with E-state index in [0.29, 0.717) is 0 Å². The number of carbonyl (C=O) groups is 1. The van der Waals surface area contributed by atoms with Crippen LogP contribution in [0.25, 0.3) is 0 Å². The number of methoxy groups -OCH3 is 1. The number of hydrogen-bond acceptors (Lipinski definition) is 2. The maximum absolute atomic E-state index is 11.7. The van der Waals surface area contributed by atoms with Crippen LogP contribution in [-0.4, -0.2) is 18.2 Å². The molecule has 1 N–H and O–H groups in total. The SMILES string of the molecule is COc1ccc2c(c1)CCC(C(=O)O)C21CCCCC1. The lowest BCUT2D eigenvalue weighted by Crippen LogP contribution is -2.45. The van der Waals surface area contributed by atoms with E-state index in [1.54, 1.807) is 7.11 Å². The first-order chi connectivity index (χ1) is 9.67. The molecule has 1 unspecified atom stereocenters. The van der Waals surface area contributed by atoms with E-state index in [-0.39, 0.29) is 11.3 Å². The molecule has 0 heterocycles. The smallest absolute Gasteiger partial charge is 0.307 e. The molecule has 3 heteroatoms. The molecule has 1 spiro atoms. The highest BCUT2D eigenvalue weighted by Crippen LogP contribution is 2.51. The Morgan fingerprint density at radius 3 is 2.70 bits per heavy atom. The van der Waals surface area contributed by atoms with Crippen LogP contribution in [-0.2, 0) is 16.6 Å². The van der Waals surface area contributed by atoms with Crippen LogP contribution < -0.4 is 4.74 Å². The van der Waals surface area contributed by atoms with Crippen molar-refractivity contribution in [2.45, 2.75) is 50.4 Å². The van der Waals surface area contributed by atoms with E-state index in [1.807, 2.05) is 6.07 Å². The molecule has 2 aliphatic rings. The van der Waals surface area contributed by atoms with E-state index >= 15 is 0 Å². The van der Waals surface area contributed by atoms with E-state index < -0.39 is 5.97 Å². The molecule has 0 aromatic heterocycles. The molecule has 1 fully saturated rings. The standard InChI is InChI=1S/C17H22O3/c1-20-13-6-8-14-12(11-13)5-7-15(16(18)19)17(14)9-3-2-4-10-17/h6,8,11,15H,2-5,7,9-10H2,1H3,(H,18,19). The average Bonchev–Trinajstić information content (AvgIpc) is 2.47. The molecule has 1 aromatic carbocycles. The fraction of sp³-hybridized carbons (Fsp3) is 0.588. The zero-order valence-corrected chi connectivity index (χ0v) is 12.0. The van der Waals surface area contributed by atoms with Gasteiger partial charge >= 0.3 is 5.97 Å². The topological polar surface area (TPSA) is 46.5 Å². The van der Waals surface area contributed by atoms with Crippen LogP contribution in [0.15, 0.2) is 18.2 Å². The molecule has 108 valence electrons. The molecule has 3 nitrogen and oxygen atoms in total. The molecule has 0 bridgehead atoms. The molecule has 0 saturated heterocycles. The van der Waals surface area contributed by atoms with Gasteiger partial charge in [-0.25, -0.2) is 0 Å². The molecule has 0 amide bonds. The van der Waals surface area contributed by atoms with E-state index in [1.165, 1.54) is 17.5 Å². The van der Waals surface area contributed by atoms with Crippen molar-refractivity contribution < 1.29 is 14.6 Å². The van der Waals surface area contributed by atoms with Crippen molar-refractivity contribution >= 4 is 5.97 Å². The average molecular weight is 274 g/mol. The molecule has 0 radical (unpaired) electrons. The predicted molar refractivity (Wildman–Crippen MR) is 77.2 cm³/mol. The van der Waals surface area contributed by atoms with Gasteiger partial charge in [0.15, 0.2) is 0 Å². The van der Waals surface area contributed by atoms with Crippen molar-refractivity contribution in [1.29, 1.82) is 0 Å². The molecule has 1 atom stereocenters. The molecule has 1 saturated carbocycles. The summed E-state index contributed by atoms with van der Waals surface area (Å²) in [4.78, 5) is 11.7. The Bertz CT molecular complexity index is 515. The predicted octanol–water partition coefficient (Wildman–Crippen LogP) is 3.54.